The van der Waals surface area contributed by atoms with E-state index in [0.29, 0.717) is 19.1 Å². The summed E-state index contributed by atoms with van der Waals surface area (Å²) in [5.41, 5.74) is 0. The second kappa shape index (κ2) is 6.56. The topological polar surface area (TPSA) is 70.1 Å². The Hall–Kier alpha value is -1.14. The van der Waals surface area contributed by atoms with Gasteiger partial charge in [-0.15, -0.1) is 0 Å². The molecule has 17 heavy (non-hydrogen) atoms. The summed E-state index contributed by atoms with van der Waals surface area (Å²) >= 11 is 0. The number of nitrogens with zero attached hydrogens (tertiary/aromatic N) is 2. The predicted molar refractivity (Wildman–Crippen MR) is 61.7 cm³/mol. The lowest BCUT2D eigenvalue weighted by Crippen LogP contribution is -2.51. The highest BCUT2D eigenvalue weighted by molar-refractivity contribution is 5.78. The predicted octanol–water partition coefficient (Wildman–Crippen LogP) is -0.360. The Morgan fingerprint density at radius 1 is 1.18 bits per heavy atom. The molecule has 1 aliphatic heterocycles. The highest BCUT2D eigenvalue weighted by atomic mass is 16.5. The molecule has 0 aliphatic carbocycles. The van der Waals surface area contributed by atoms with Gasteiger partial charge in [0, 0.05) is 32.2 Å². The second-order valence-corrected chi connectivity index (χ2v) is 4.40. The quantitative estimate of drug-likeness (QED) is 0.715. The van der Waals surface area contributed by atoms with Crippen LogP contribution in [0.3, 0.4) is 0 Å². The van der Waals surface area contributed by atoms with Crippen molar-refractivity contribution >= 4 is 11.9 Å². The molecule has 0 aromatic heterocycles. The largest absolute Gasteiger partial charge is 0.480 e. The van der Waals surface area contributed by atoms with Crippen molar-refractivity contribution in [2.75, 3.05) is 39.4 Å². The molecule has 0 radical (unpaired) electrons. The maximum absolute atomic E-state index is 11.6. The van der Waals surface area contributed by atoms with Crippen LogP contribution >= 0.6 is 0 Å². The first-order chi connectivity index (χ1) is 8.00. The monoisotopic (exact) mass is 244 g/mol. The molecule has 1 rings (SSSR count). The number of carbonyl (C=O) groups is 2. The molecule has 0 atom stereocenters. The summed E-state index contributed by atoms with van der Waals surface area (Å²) in [5, 5.41) is 8.38. The number of aliphatic carboxylic acids is 1. The SMILES string of the molecule is CC(C)N1CCN(C(=O)COCC(=O)O)CC1. The van der Waals surface area contributed by atoms with Crippen molar-refractivity contribution in [3.05, 3.63) is 0 Å². The molecule has 1 fully saturated rings. The van der Waals surface area contributed by atoms with Gasteiger partial charge in [-0.25, -0.2) is 4.79 Å². The molecule has 0 saturated carbocycles. The molecule has 0 bridgehead atoms. The molecule has 0 aromatic rings. The van der Waals surface area contributed by atoms with Crippen LogP contribution in [0.4, 0.5) is 0 Å². The summed E-state index contributed by atoms with van der Waals surface area (Å²) in [4.78, 5) is 25.9. The molecule has 1 aliphatic rings. The summed E-state index contributed by atoms with van der Waals surface area (Å²) in [6, 6.07) is 0.496. The van der Waals surface area contributed by atoms with E-state index in [1.165, 1.54) is 0 Å². The van der Waals surface area contributed by atoms with Crippen LogP contribution < -0.4 is 0 Å². The number of amides is 1. The van der Waals surface area contributed by atoms with Gasteiger partial charge in [-0.2, -0.15) is 0 Å². The van der Waals surface area contributed by atoms with Gasteiger partial charge in [0.2, 0.25) is 5.91 Å². The van der Waals surface area contributed by atoms with Gasteiger partial charge in [0.05, 0.1) is 0 Å². The fourth-order valence-electron chi connectivity index (χ4n) is 1.80. The highest BCUT2D eigenvalue weighted by Gasteiger charge is 2.22. The summed E-state index contributed by atoms with van der Waals surface area (Å²) in [6.45, 7) is 6.80. The third-order valence-corrected chi connectivity index (χ3v) is 2.85. The minimum absolute atomic E-state index is 0.130. The molecule has 98 valence electrons. The lowest BCUT2D eigenvalue weighted by molar-refractivity contribution is -0.146. The van der Waals surface area contributed by atoms with Crippen LogP contribution in [0, 0.1) is 0 Å². The Labute approximate surface area is 101 Å². The van der Waals surface area contributed by atoms with Gasteiger partial charge in [-0.1, -0.05) is 0 Å². The van der Waals surface area contributed by atoms with E-state index in [1.54, 1.807) is 4.90 Å². The number of carbonyl (C=O) groups excluding carboxylic acids is 1. The molecular formula is C11H20N2O4. The lowest BCUT2D eigenvalue weighted by Gasteiger charge is -2.36. The molecular weight excluding hydrogens is 224 g/mol. The number of carboxylic acid groups (broad SMARTS) is 1. The Morgan fingerprint density at radius 3 is 2.24 bits per heavy atom. The number of rotatable bonds is 5. The Morgan fingerprint density at radius 2 is 1.76 bits per heavy atom. The maximum Gasteiger partial charge on any atom is 0.329 e. The van der Waals surface area contributed by atoms with Crippen LogP contribution in [0.25, 0.3) is 0 Å². The van der Waals surface area contributed by atoms with E-state index in [1.807, 2.05) is 0 Å². The molecule has 6 heteroatoms. The van der Waals surface area contributed by atoms with E-state index in [4.69, 9.17) is 9.84 Å². The van der Waals surface area contributed by atoms with Crippen molar-refractivity contribution in [3.8, 4) is 0 Å². The Balaban J connectivity index is 2.24. The van der Waals surface area contributed by atoms with E-state index < -0.39 is 12.6 Å². The van der Waals surface area contributed by atoms with E-state index in [2.05, 4.69) is 18.7 Å². The van der Waals surface area contributed by atoms with Gasteiger partial charge in [-0.3, -0.25) is 9.69 Å². The van der Waals surface area contributed by atoms with Gasteiger partial charge in [0.25, 0.3) is 0 Å². The smallest absolute Gasteiger partial charge is 0.329 e. The molecule has 1 N–H and O–H groups in total. The van der Waals surface area contributed by atoms with Gasteiger partial charge < -0.3 is 14.7 Å². The van der Waals surface area contributed by atoms with Crippen molar-refractivity contribution in [3.63, 3.8) is 0 Å². The molecule has 0 spiro atoms. The summed E-state index contributed by atoms with van der Waals surface area (Å²) in [7, 11) is 0. The number of carboxylic acids is 1. The third kappa shape index (κ3) is 4.70. The zero-order chi connectivity index (χ0) is 12.8. The van der Waals surface area contributed by atoms with Crippen LogP contribution in [0.5, 0.6) is 0 Å². The van der Waals surface area contributed by atoms with Gasteiger partial charge >= 0.3 is 5.97 Å². The number of hydrogen-bond donors (Lipinski definition) is 1. The average Bonchev–Trinajstić information content (AvgIpc) is 2.28. The first kappa shape index (κ1) is 13.9. The van der Waals surface area contributed by atoms with Crippen molar-refractivity contribution in [2.24, 2.45) is 0 Å². The lowest BCUT2D eigenvalue weighted by atomic mass is 10.2. The van der Waals surface area contributed by atoms with Gasteiger partial charge in [0.1, 0.15) is 13.2 Å². The van der Waals surface area contributed by atoms with Crippen LogP contribution in [0.2, 0.25) is 0 Å². The van der Waals surface area contributed by atoms with Crippen LogP contribution in [0.1, 0.15) is 13.8 Å². The van der Waals surface area contributed by atoms with E-state index in [0.717, 1.165) is 13.1 Å². The van der Waals surface area contributed by atoms with Crippen LogP contribution in [0.15, 0.2) is 0 Å². The fourth-order valence-corrected chi connectivity index (χ4v) is 1.80. The summed E-state index contributed by atoms with van der Waals surface area (Å²) < 4.78 is 4.78. The maximum atomic E-state index is 11.6. The molecule has 1 saturated heterocycles. The van der Waals surface area contributed by atoms with Crippen LogP contribution in [-0.4, -0.2) is 72.2 Å². The normalized spacial score (nSPS) is 17.5. The first-order valence-corrected chi connectivity index (χ1v) is 5.82. The van der Waals surface area contributed by atoms with Gasteiger partial charge in [-0.05, 0) is 13.8 Å². The average molecular weight is 244 g/mol. The van der Waals surface area contributed by atoms with Crippen molar-refractivity contribution in [1.29, 1.82) is 0 Å². The molecule has 1 amide bonds. The van der Waals surface area contributed by atoms with E-state index in [-0.39, 0.29) is 12.5 Å². The van der Waals surface area contributed by atoms with Crippen molar-refractivity contribution < 1.29 is 19.4 Å². The number of hydrogen-bond acceptors (Lipinski definition) is 4. The summed E-state index contributed by atoms with van der Waals surface area (Å²) in [6.07, 6.45) is 0. The molecule has 6 nitrogen and oxygen atoms in total. The van der Waals surface area contributed by atoms with Gasteiger partial charge in [0.15, 0.2) is 0 Å². The van der Waals surface area contributed by atoms with Crippen LogP contribution in [-0.2, 0) is 14.3 Å². The number of ether oxygens (including phenoxy) is 1. The third-order valence-electron chi connectivity index (χ3n) is 2.85. The Kier molecular flexibility index (Phi) is 5.37. The van der Waals surface area contributed by atoms with E-state index >= 15 is 0 Å². The standard InChI is InChI=1S/C11H20N2O4/c1-9(2)12-3-5-13(6-4-12)10(14)7-17-8-11(15)16/h9H,3-8H2,1-2H3,(H,15,16). The summed E-state index contributed by atoms with van der Waals surface area (Å²) in [5.74, 6) is -1.18. The van der Waals surface area contributed by atoms with E-state index in [9.17, 15) is 9.59 Å². The Bertz CT molecular complexity index is 273. The zero-order valence-corrected chi connectivity index (χ0v) is 10.4. The van der Waals surface area contributed by atoms with Crippen molar-refractivity contribution in [1.82, 2.24) is 9.80 Å². The molecule has 1 heterocycles. The molecule has 0 unspecified atom stereocenters. The second-order valence-electron chi connectivity index (χ2n) is 4.40. The molecule has 0 aromatic carbocycles. The minimum atomic E-state index is -1.05. The highest BCUT2D eigenvalue weighted by Crippen LogP contribution is 2.05. The fraction of sp³-hybridized carbons (Fsp3) is 0.818. The minimum Gasteiger partial charge on any atom is -0.480 e. The number of piperazine rings is 1. The zero-order valence-electron chi connectivity index (χ0n) is 10.4. The first-order valence-electron chi connectivity index (χ1n) is 5.82. The van der Waals surface area contributed by atoms with Crippen molar-refractivity contribution in [2.45, 2.75) is 19.9 Å².